The average molecular weight is 259 g/mol. The monoisotopic (exact) mass is 259 g/mol. The number of hydrogen-bond acceptors (Lipinski definition) is 4. The van der Waals surface area contributed by atoms with Crippen LogP contribution in [0.3, 0.4) is 0 Å². The Kier molecular flexibility index (Phi) is 2.41. The maximum atomic E-state index is 10.8. The summed E-state index contributed by atoms with van der Waals surface area (Å²) in [7, 11) is 1.62. The number of nitro benzene ring substituents is 1. The number of ether oxygens (including phenoxy) is 1. The Balaban J connectivity index is 2.31. The van der Waals surface area contributed by atoms with Gasteiger partial charge < -0.3 is 4.74 Å². The molecule has 3 rings (SSSR count). The average Bonchev–Trinajstić information content (AvgIpc) is 2.74. The van der Waals surface area contributed by atoms with Crippen LogP contribution < -0.4 is 4.74 Å². The largest absolute Gasteiger partial charge is 0.497 e. The molecule has 0 aliphatic heterocycles. The van der Waals surface area contributed by atoms with E-state index in [4.69, 9.17) is 4.74 Å². The van der Waals surface area contributed by atoms with Crippen molar-refractivity contribution >= 4 is 37.2 Å². The fourth-order valence-electron chi connectivity index (χ4n) is 1.99. The molecule has 0 aliphatic rings. The molecule has 5 heteroatoms. The Bertz CT molecular complexity index is 763. The van der Waals surface area contributed by atoms with E-state index in [1.807, 2.05) is 18.2 Å². The second-order valence-corrected chi connectivity index (χ2v) is 4.99. The Hall–Kier alpha value is -2.14. The molecule has 0 saturated heterocycles. The summed E-state index contributed by atoms with van der Waals surface area (Å²) in [5.41, 5.74) is 0.126. The van der Waals surface area contributed by atoms with Crippen molar-refractivity contribution < 1.29 is 9.66 Å². The maximum Gasteiger partial charge on any atom is 0.270 e. The predicted octanol–water partition coefficient (Wildman–Crippen LogP) is 3.97. The molecule has 0 saturated carbocycles. The number of hydrogen-bond donors (Lipinski definition) is 0. The number of methoxy groups -OCH3 is 1. The highest BCUT2D eigenvalue weighted by Gasteiger charge is 2.11. The van der Waals surface area contributed by atoms with Crippen LogP contribution in [0.15, 0.2) is 36.4 Å². The lowest BCUT2D eigenvalue weighted by molar-refractivity contribution is -0.384. The quantitative estimate of drug-likeness (QED) is 0.517. The molecule has 0 amide bonds. The summed E-state index contributed by atoms with van der Waals surface area (Å²) >= 11 is 1.54. The Labute approximate surface area is 107 Å². The molecule has 4 nitrogen and oxygen atoms in total. The Morgan fingerprint density at radius 2 is 1.78 bits per heavy atom. The summed E-state index contributed by atoms with van der Waals surface area (Å²) in [5.74, 6) is 0.795. The third-order valence-electron chi connectivity index (χ3n) is 2.87. The summed E-state index contributed by atoms with van der Waals surface area (Å²) in [6, 6.07) is 10.8. The van der Waals surface area contributed by atoms with Crippen LogP contribution in [0.25, 0.3) is 20.2 Å². The van der Waals surface area contributed by atoms with Gasteiger partial charge in [0.25, 0.3) is 5.69 Å². The SMILES string of the molecule is COc1ccc2c(c1)sc1cc([N+](=O)[O-])ccc12. The second kappa shape index (κ2) is 3.96. The molecule has 0 spiro atoms. The van der Waals surface area contributed by atoms with Gasteiger partial charge in [-0.15, -0.1) is 11.3 Å². The van der Waals surface area contributed by atoms with Gasteiger partial charge in [0.2, 0.25) is 0 Å². The lowest BCUT2D eigenvalue weighted by atomic mass is 10.1. The Morgan fingerprint density at radius 1 is 1.11 bits per heavy atom. The molecule has 1 heterocycles. The fourth-order valence-corrected chi connectivity index (χ4v) is 3.15. The molecular weight excluding hydrogens is 250 g/mol. The van der Waals surface area contributed by atoms with E-state index < -0.39 is 0 Å². The van der Waals surface area contributed by atoms with Gasteiger partial charge in [0, 0.05) is 32.3 Å². The number of nitro groups is 1. The first kappa shape index (κ1) is 11.0. The molecule has 2 aromatic carbocycles. The van der Waals surface area contributed by atoms with Crippen molar-refractivity contribution in [1.82, 2.24) is 0 Å². The van der Waals surface area contributed by atoms with Crippen molar-refractivity contribution in [3.8, 4) is 5.75 Å². The summed E-state index contributed by atoms with van der Waals surface area (Å²) in [5, 5.41) is 12.9. The number of rotatable bonds is 2. The summed E-state index contributed by atoms with van der Waals surface area (Å²) in [6.45, 7) is 0. The van der Waals surface area contributed by atoms with Gasteiger partial charge in [0.15, 0.2) is 0 Å². The molecular formula is C13H9NO3S. The molecule has 90 valence electrons. The van der Waals surface area contributed by atoms with Crippen molar-refractivity contribution in [2.75, 3.05) is 7.11 Å². The van der Waals surface area contributed by atoms with E-state index in [0.29, 0.717) is 0 Å². The first-order valence-corrected chi connectivity index (χ1v) is 6.15. The fraction of sp³-hybridized carbons (Fsp3) is 0.0769. The number of fused-ring (bicyclic) bond motifs is 3. The minimum atomic E-state index is -0.371. The highest BCUT2D eigenvalue weighted by atomic mass is 32.1. The minimum absolute atomic E-state index is 0.126. The molecule has 0 bridgehead atoms. The van der Waals surface area contributed by atoms with Gasteiger partial charge in [-0.1, -0.05) is 0 Å². The molecule has 18 heavy (non-hydrogen) atoms. The molecule has 0 fully saturated rings. The van der Waals surface area contributed by atoms with Crippen LogP contribution in [-0.2, 0) is 0 Å². The van der Waals surface area contributed by atoms with Crippen LogP contribution in [-0.4, -0.2) is 12.0 Å². The lowest BCUT2D eigenvalue weighted by Gasteiger charge is -1.98. The van der Waals surface area contributed by atoms with E-state index in [1.54, 1.807) is 25.3 Å². The zero-order valence-corrected chi connectivity index (χ0v) is 10.4. The number of non-ortho nitro benzene ring substituents is 1. The first-order valence-electron chi connectivity index (χ1n) is 5.34. The molecule has 0 N–H and O–H groups in total. The van der Waals surface area contributed by atoms with E-state index in [-0.39, 0.29) is 10.6 Å². The van der Waals surface area contributed by atoms with Crippen molar-refractivity contribution in [1.29, 1.82) is 0 Å². The smallest absolute Gasteiger partial charge is 0.270 e. The number of benzene rings is 2. The van der Waals surface area contributed by atoms with Gasteiger partial charge in [0.1, 0.15) is 5.75 Å². The minimum Gasteiger partial charge on any atom is -0.497 e. The number of thiophene rings is 1. The summed E-state index contributed by atoms with van der Waals surface area (Å²) in [6.07, 6.45) is 0. The zero-order valence-electron chi connectivity index (χ0n) is 9.54. The number of nitrogens with zero attached hydrogens (tertiary/aromatic N) is 1. The van der Waals surface area contributed by atoms with Gasteiger partial charge >= 0.3 is 0 Å². The van der Waals surface area contributed by atoms with Gasteiger partial charge in [-0.2, -0.15) is 0 Å². The van der Waals surface area contributed by atoms with Gasteiger partial charge in [-0.05, 0) is 24.3 Å². The van der Waals surface area contributed by atoms with Crippen molar-refractivity contribution in [2.24, 2.45) is 0 Å². The maximum absolute atomic E-state index is 10.8. The molecule has 0 radical (unpaired) electrons. The zero-order chi connectivity index (χ0) is 12.7. The summed E-state index contributed by atoms with van der Waals surface area (Å²) < 4.78 is 7.18. The first-order chi connectivity index (χ1) is 8.69. The summed E-state index contributed by atoms with van der Waals surface area (Å²) in [4.78, 5) is 10.4. The van der Waals surface area contributed by atoms with Gasteiger partial charge in [0.05, 0.1) is 12.0 Å². The predicted molar refractivity (Wildman–Crippen MR) is 72.5 cm³/mol. The van der Waals surface area contributed by atoms with Crippen LogP contribution >= 0.6 is 11.3 Å². The van der Waals surface area contributed by atoms with Gasteiger partial charge in [-0.25, -0.2) is 0 Å². The molecule has 3 aromatic rings. The molecule has 0 aliphatic carbocycles. The van der Waals surface area contributed by atoms with Crippen LogP contribution in [0.5, 0.6) is 5.75 Å². The third-order valence-corrected chi connectivity index (χ3v) is 3.99. The van der Waals surface area contributed by atoms with Crippen LogP contribution in [0.4, 0.5) is 5.69 Å². The van der Waals surface area contributed by atoms with Crippen molar-refractivity contribution in [3.05, 3.63) is 46.5 Å². The highest BCUT2D eigenvalue weighted by Crippen LogP contribution is 2.37. The van der Waals surface area contributed by atoms with E-state index in [9.17, 15) is 10.1 Å². The lowest BCUT2D eigenvalue weighted by Crippen LogP contribution is -1.85. The topological polar surface area (TPSA) is 52.4 Å². The third kappa shape index (κ3) is 1.60. The molecule has 0 atom stereocenters. The molecule has 1 aromatic heterocycles. The Morgan fingerprint density at radius 3 is 2.44 bits per heavy atom. The standard InChI is InChI=1S/C13H9NO3S/c1-17-9-3-5-11-10-4-2-8(14(15)16)6-12(10)18-13(11)7-9/h2-7H,1H3. The van der Waals surface area contributed by atoms with Crippen LogP contribution in [0.2, 0.25) is 0 Å². The van der Waals surface area contributed by atoms with Crippen LogP contribution in [0.1, 0.15) is 0 Å². The normalized spacial score (nSPS) is 10.9. The van der Waals surface area contributed by atoms with Crippen molar-refractivity contribution in [2.45, 2.75) is 0 Å². The van der Waals surface area contributed by atoms with E-state index in [2.05, 4.69) is 0 Å². The van der Waals surface area contributed by atoms with Gasteiger partial charge in [-0.3, -0.25) is 10.1 Å². The van der Waals surface area contributed by atoms with E-state index in [0.717, 1.165) is 25.9 Å². The van der Waals surface area contributed by atoms with Crippen molar-refractivity contribution in [3.63, 3.8) is 0 Å². The van der Waals surface area contributed by atoms with Crippen LogP contribution in [0, 0.1) is 10.1 Å². The highest BCUT2D eigenvalue weighted by molar-refractivity contribution is 7.25. The van der Waals surface area contributed by atoms with E-state index >= 15 is 0 Å². The van der Waals surface area contributed by atoms with E-state index in [1.165, 1.54) is 11.3 Å². The second-order valence-electron chi connectivity index (χ2n) is 3.90. The molecule has 0 unspecified atom stereocenters.